The number of benzene rings is 1. The van der Waals surface area contributed by atoms with Gasteiger partial charge in [0.05, 0.1) is 5.56 Å². The van der Waals surface area contributed by atoms with Crippen molar-refractivity contribution in [3.8, 4) is 0 Å². The fraction of sp³-hybridized carbons (Fsp3) is 0.462. The van der Waals surface area contributed by atoms with Crippen LogP contribution in [0.3, 0.4) is 0 Å². The van der Waals surface area contributed by atoms with Crippen molar-refractivity contribution in [3.63, 3.8) is 0 Å². The Morgan fingerprint density at radius 3 is 2.47 bits per heavy atom. The zero-order chi connectivity index (χ0) is 13.8. The molecule has 1 aromatic rings. The molecule has 0 radical (unpaired) electrons. The van der Waals surface area contributed by atoms with Crippen molar-refractivity contribution in [2.75, 3.05) is 7.05 Å². The highest BCUT2D eigenvalue weighted by Crippen LogP contribution is 2.46. The first-order valence-electron chi connectivity index (χ1n) is 6.06. The van der Waals surface area contributed by atoms with Gasteiger partial charge >= 0.3 is 6.18 Å². The molecule has 6 heteroatoms. The topological polar surface area (TPSA) is 32.3 Å². The molecule has 1 atom stereocenters. The molecular formula is C13H13F3N2O. The van der Waals surface area contributed by atoms with Crippen molar-refractivity contribution in [1.29, 1.82) is 0 Å². The molecule has 1 spiro atoms. The van der Waals surface area contributed by atoms with Crippen LogP contribution in [0.1, 0.15) is 30.1 Å². The van der Waals surface area contributed by atoms with E-state index in [2.05, 4.69) is 5.32 Å². The Hall–Kier alpha value is -1.56. The Labute approximate surface area is 108 Å². The summed E-state index contributed by atoms with van der Waals surface area (Å²) in [6, 6.07) is 5.39. The standard InChI is InChI=1S/C13H13F3N2O/c1-18-10(17-12(6-7-12)11(18)19)8-4-2-3-5-9(8)13(14,15)16/h2-5,10,17H,6-7H2,1H3. The summed E-state index contributed by atoms with van der Waals surface area (Å²) in [5, 5.41) is 3.05. The summed E-state index contributed by atoms with van der Waals surface area (Å²) in [7, 11) is 1.54. The fourth-order valence-corrected chi connectivity index (χ4v) is 2.64. The number of carbonyl (C=O) groups is 1. The Kier molecular flexibility index (Phi) is 2.44. The number of hydrogen-bond donors (Lipinski definition) is 1. The van der Waals surface area contributed by atoms with Crippen molar-refractivity contribution in [1.82, 2.24) is 10.2 Å². The number of hydrogen-bond acceptors (Lipinski definition) is 2. The normalized spacial score (nSPS) is 25.2. The first-order chi connectivity index (χ1) is 8.85. The minimum absolute atomic E-state index is 0.106. The van der Waals surface area contributed by atoms with Gasteiger partial charge in [-0.2, -0.15) is 13.2 Å². The van der Waals surface area contributed by atoms with Crippen LogP contribution < -0.4 is 5.32 Å². The first-order valence-corrected chi connectivity index (χ1v) is 6.06. The summed E-state index contributed by atoms with van der Waals surface area (Å²) in [5.41, 5.74) is -1.20. The predicted octanol–water partition coefficient (Wildman–Crippen LogP) is 2.30. The van der Waals surface area contributed by atoms with E-state index >= 15 is 0 Å². The number of amides is 1. The van der Waals surface area contributed by atoms with Crippen LogP contribution in [-0.2, 0) is 11.0 Å². The molecule has 2 aliphatic rings. The molecule has 102 valence electrons. The van der Waals surface area contributed by atoms with Crippen LogP contribution in [0.5, 0.6) is 0 Å². The molecule has 19 heavy (non-hydrogen) atoms. The van der Waals surface area contributed by atoms with E-state index in [1.54, 1.807) is 13.1 Å². The summed E-state index contributed by atoms with van der Waals surface area (Å²) < 4.78 is 39.0. The maximum atomic E-state index is 13.0. The minimum Gasteiger partial charge on any atom is -0.324 e. The van der Waals surface area contributed by atoms with Gasteiger partial charge in [-0.1, -0.05) is 18.2 Å². The smallest absolute Gasteiger partial charge is 0.324 e. The fourth-order valence-electron chi connectivity index (χ4n) is 2.64. The van der Waals surface area contributed by atoms with Crippen molar-refractivity contribution < 1.29 is 18.0 Å². The lowest BCUT2D eigenvalue weighted by Crippen LogP contribution is -2.31. The van der Waals surface area contributed by atoms with E-state index in [0.717, 1.165) is 6.07 Å². The Morgan fingerprint density at radius 1 is 1.32 bits per heavy atom. The maximum Gasteiger partial charge on any atom is 0.416 e. The number of halogens is 3. The number of nitrogens with one attached hydrogen (secondary N) is 1. The molecule has 1 N–H and O–H groups in total. The zero-order valence-electron chi connectivity index (χ0n) is 10.3. The van der Waals surface area contributed by atoms with E-state index in [1.807, 2.05) is 0 Å². The third kappa shape index (κ3) is 1.82. The van der Waals surface area contributed by atoms with Gasteiger partial charge in [-0.05, 0) is 18.9 Å². The minimum atomic E-state index is -4.42. The number of likely N-dealkylation sites (N-methyl/N-ethyl adjacent to an activating group) is 1. The molecule has 1 unspecified atom stereocenters. The summed E-state index contributed by atoms with van der Waals surface area (Å²) in [5.74, 6) is -0.116. The molecule has 0 aromatic heterocycles. The summed E-state index contributed by atoms with van der Waals surface area (Å²) in [6.07, 6.45) is -3.73. The lowest BCUT2D eigenvalue weighted by molar-refractivity contribution is -0.139. The molecule has 3 rings (SSSR count). The summed E-state index contributed by atoms with van der Waals surface area (Å²) in [4.78, 5) is 13.4. The molecule has 1 aliphatic heterocycles. The Balaban J connectivity index is 2.02. The van der Waals surface area contributed by atoms with Gasteiger partial charge in [0.25, 0.3) is 0 Å². The molecule has 0 bridgehead atoms. The molecule has 1 saturated heterocycles. The predicted molar refractivity (Wildman–Crippen MR) is 62.1 cm³/mol. The van der Waals surface area contributed by atoms with Crippen molar-refractivity contribution in [2.24, 2.45) is 0 Å². The lowest BCUT2D eigenvalue weighted by Gasteiger charge is -2.23. The third-order valence-electron chi connectivity index (χ3n) is 3.84. The average molecular weight is 270 g/mol. The first kappa shape index (κ1) is 12.5. The molecule has 1 saturated carbocycles. The van der Waals surface area contributed by atoms with Gasteiger partial charge in [0.15, 0.2) is 0 Å². The number of carbonyl (C=O) groups excluding carboxylic acids is 1. The number of alkyl halides is 3. The second-order valence-electron chi connectivity index (χ2n) is 5.13. The van der Waals surface area contributed by atoms with Crippen LogP contribution in [0, 0.1) is 0 Å². The number of nitrogens with zero attached hydrogens (tertiary/aromatic N) is 1. The van der Waals surface area contributed by atoms with Crippen LogP contribution in [0.25, 0.3) is 0 Å². The molecule has 1 aromatic carbocycles. The van der Waals surface area contributed by atoms with E-state index < -0.39 is 23.4 Å². The Bertz CT molecular complexity index is 537. The molecule has 1 amide bonds. The third-order valence-corrected chi connectivity index (χ3v) is 3.84. The quantitative estimate of drug-likeness (QED) is 0.849. The maximum absolute atomic E-state index is 13.0. The second kappa shape index (κ2) is 3.72. The summed E-state index contributed by atoms with van der Waals surface area (Å²) in [6.45, 7) is 0. The van der Waals surface area contributed by atoms with Gasteiger partial charge in [0.1, 0.15) is 11.7 Å². The van der Waals surface area contributed by atoms with Gasteiger partial charge in [0, 0.05) is 12.6 Å². The van der Waals surface area contributed by atoms with Gasteiger partial charge in [-0.3, -0.25) is 10.1 Å². The van der Waals surface area contributed by atoms with Gasteiger partial charge < -0.3 is 4.90 Å². The van der Waals surface area contributed by atoms with Gasteiger partial charge in [0.2, 0.25) is 5.91 Å². The SMILES string of the molecule is CN1C(=O)C2(CC2)NC1c1ccccc1C(F)(F)F. The second-order valence-corrected chi connectivity index (χ2v) is 5.13. The van der Waals surface area contributed by atoms with Gasteiger partial charge in [-0.15, -0.1) is 0 Å². The van der Waals surface area contributed by atoms with Crippen LogP contribution in [0.15, 0.2) is 24.3 Å². The highest BCUT2D eigenvalue weighted by molar-refractivity contribution is 5.91. The highest BCUT2D eigenvalue weighted by atomic mass is 19.4. The average Bonchev–Trinajstić information content (AvgIpc) is 3.09. The van der Waals surface area contributed by atoms with Crippen LogP contribution in [0.2, 0.25) is 0 Å². The zero-order valence-corrected chi connectivity index (χ0v) is 10.3. The molecule has 3 nitrogen and oxygen atoms in total. The van der Waals surface area contributed by atoms with E-state index in [0.29, 0.717) is 12.8 Å². The van der Waals surface area contributed by atoms with Crippen molar-refractivity contribution in [2.45, 2.75) is 30.7 Å². The van der Waals surface area contributed by atoms with Crippen LogP contribution in [0.4, 0.5) is 13.2 Å². The highest BCUT2D eigenvalue weighted by Gasteiger charge is 2.59. The largest absolute Gasteiger partial charge is 0.416 e. The molecule has 1 heterocycles. The van der Waals surface area contributed by atoms with Gasteiger partial charge in [-0.25, -0.2) is 0 Å². The molecule has 1 aliphatic carbocycles. The monoisotopic (exact) mass is 270 g/mol. The summed E-state index contributed by atoms with van der Waals surface area (Å²) >= 11 is 0. The molecular weight excluding hydrogens is 257 g/mol. The van der Waals surface area contributed by atoms with Crippen molar-refractivity contribution in [3.05, 3.63) is 35.4 Å². The van der Waals surface area contributed by atoms with Crippen molar-refractivity contribution >= 4 is 5.91 Å². The molecule has 2 fully saturated rings. The van der Waals surface area contributed by atoms with E-state index in [9.17, 15) is 18.0 Å². The van der Waals surface area contributed by atoms with E-state index in [1.165, 1.54) is 17.0 Å². The van der Waals surface area contributed by atoms with E-state index in [-0.39, 0.29) is 11.5 Å². The van der Waals surface area contributed by atoms with Crippen LogP contribution >= 0.6 is 0 Å². The van der Waals surface area contributed by atoms with Crippen LogP contribution in [-0.4, -0.2) is 23.4 Å². The van der Waals surface area contributed by atoms with E-state index in [4.69, 9.17) is 0 Å². The number of rotatable bonds is 1. The Morgan fingerprint density at radius 2 is 1.95 bits per heavy atom. The lowest BCUT2D eigenvalue weighted by atomic mass is 10.0.